The van der Waals surface area contributed by atoms with Crippen molar-refractivity contribution in [2.24, 2.45) is 0 Å². The molecule has 0 saturated carbocycles. The molecule has 2 aliphatic carbocycles. The van der Waals surface area contributed by atoms with Crippen LogP contribution in [0.25, 0.3) is 87.7 Å². The summed E-state index contributed by atoms with van der Waals surface area (Å²) in [6, 6.07) is 89.2. The minimum atomic E-state index is -0.518. The quantitative estimate of drug-likeness (QED) is 0.176. The highest BCUT2D eigenvalue weighted by Gasteiger charge is 2.50. The van der Waals surface area contributed by atoms with E-state index in [1.165, 1.54) is 88.3 Å². The molecule has 2 aromatic heterocycles. The Kier molecular flexibility index (Phi) is 10.2. The molecule has 0 bridgehead atoms. The van der Waals surface area contributed by atoms with Crippen molar-refractivity contribution >= 4 is 113 Å². The Morgan fingerprint density at radius 1 is 0.253 bits per heavy atom. The van der Waals surface area contributed by atoms with Crippen molar-refractivity contribution in [3.8, 4) is 22.3 Å². The maximum Gasteiger partial charge on any atom is 0.144 e. The number of furan rings is 2. The SMILES string of the molecule is Brc1cc2c(c3ccccc13)-c1c(cc(Br)c3c1oc1ccccc13)C2(c1ccccc1)c1ccccc1.Brc1cc2c(c3ccccc13)-c1c(ccc3c1oc1ccccc13)C2(c1ccccc1)c1ccccc1. The normalized spacial score (nSPS) is 13.7. The van der Waals surface area contributed by atoms with Gasteiger partial charge in [-0.25, -0.2) is 0 Å². The van der Waals surface area contributed by atoms with Crippen LogP contribution in [0.1, 0.15) is 44.5 Å². The Balaban J connectivity index is 0.000000132. The second-order valence-electron chi connectivity index (χ2n) is 19.7. The van der Waals surface area contributed by atoms with Gasteiger partial charge in [-0.05, 0) is 108 Å². The first-order chi connectivity index (χ1) is 37.0. The molecular weight excluding hydrogens is 1110 g/mol. The highest BCUT2D eigenvalue weighted by Crippen LogP contribution is 2.63. The summed E-state index contributed by atoms with van der Waals surface area (Å²) in [5.41, 5.74) is 17.6. The van der Waals surface area contributed by atoms with E-state index >= 15 is 0 Å². The fraction of sp³-hybridized carbons (Fsp3) is 0.0286. The molecule has 0 N–H and O–H groups in total. The van der Waals surface area contributed by atoms with Gasteiger partial charge in [-0.2, -0.15) is 0 Å². The van der Waals surface area contributed by atoms with Crippen LogP contribution in [0.2, 0.25) is 0 Å². The van der Waals surface area contributed by atoms with E-state index in [1.54, 1.807) is 0 Å². The molecule has 14 aromatic rings. The summed E-state index contributed by atoms with van der Waals surface area (Å²) in [6.45, 7) is 0. The molecule has 2 heterocycles. The van der Waals surface area contributed by atoms with Crippen LogP contribution in [0.4, 0.5) is 0 Å². The zero-order valence-electron chi connectivity index (χ0n) is 40.1. The molecule has 16 rings (SSSR count). The summed E-state index contributed by atoms with van der Waals surface area (Å²) < 4.78 is 16.7. The molecule has 12 aromatic carbocycles. The van der Waals surface area contributed by atoms with Gasteiger partial charge in [0.2, 0.25) is 0 Å². The van der Waals surface area contributed by atoms with Gasteiger partial charge in [0.25, 0.3) is 0 Å². The molecule has 2 nitrogen and oxygen atoms in total. The van der Waals surface area contributed by atoms with E-state index < -0.39 is 10.8 Å². The lowest BCUT2D eigenvalue weighted by Gasteiger charge is -2.34. The molecule has 354 valence electrons. The van der Waals surface area contributed by atoms with Crippen LogP contribution in [0, 0.1) is 0 Å². The molecule has 5 heteroatoms. The average molecular weight is 1150 g/mol. The van der Waals surface area contributed by atoms with Gasteiger partial charge < -0.3 is 8.83 Å². The highest BCUT2D eigenvalue weighted by atomic mass is 79.9. The van der Waals surface area contributed by atoms with E-state index in [2.05, 4.69) is 284 Å². The Morgan fingerprint density at radius 2 is 0.600 bits per heavy atom. The number of para-hydroxylation sites is 2. The van der Waals surface area contributed by atoms with Gasteiger partial charge >= 0.3 is 0 Å². The average Bonchev–Trinajstić information content (AvgIpc) is 4.21. The lowest BCUT2D eigenvalue weighted by Crippen LogP contribution is -2.28. The van der Waals surface area contributed by atoms with Crippen molar-refractivity contribution in [1.29, 1.82) is 0 Å². The van der Waals surface area contributed by atoms with Crippen LogP contribution >= 0.6 is 47.8 Å². The van der Waals surface area contributed by atoms with E-state index in [9.17, 15) is 0 Å². The Bertz CT molecular complexity index is 4540. The number of rotatable bonds is 4. The highest BCUT2D eigenvalue weighted by molar-refractivity contribution is 9.11. The van der Waals surface area contributed by atoms with E-state index in [0.29, 0.717) is 0 Å². The van der Waals surface area contributed by atoms with Crippen LogP contribution in [0.15, 0.2) is 271 Å². The predicted molar refractivity (Wildman–Crippen MR) is 320 cm³/mol. The van der Waals surface area contributed by atoms with Crippen LogP contribution in [0.5, 0.6) is 0 Å². The van der Waals surface area contributed by atoms with Crippen molar-refractivity contribution < 1.29 is 8.83 Å². The zero-order chi connectivity index (χ0) is 50.0. The second-order valence-corrected chi connectivity index (χ2v) is 22.2. The first-order valence-electron chi connectivity index (χ1n) is 25.2. The fourth-order valence-electron chi connectivity index (χ4n) is 13.2. The molecule has 0 amide bonds. The molecule has 0 unspecified atom stereocenters. The van der Waals surface area contributed by atoms with Crippen LogP contribution in [-0.4, -0.2) is 0 Å². The van der Waals surface area contributed by atoms with Crippen molar-refractivity contribution in [2.45, 2.75) is 10.8 Å². The molecule has 75 heavy (non-hydrogen) atoms. The standard InChI is InChI=1S/C35H20Br2O.C35H21BrO/c36-28-19-26-31(24-16-8-7-15-23(24)28)33-27(20-29(37)32-25-17-9-10-18-30(25)38-34(32)33)35(26,21-11-3-1-4-12-21)22-13-5-2-6-14-22;36-30-21-29-32(26-17-8-7-15-24(26)30)33-28(20-19-27-25-16-9-10-18-31(25)37-34(27)33)35(29,22-11-3-1-4-12-22)23-13-5-2-6-14-23/h1-20H;1-21H. The summed E-state index contributed by atoms with van der Waals surface area (Å²) in [7, 11) is 0. The smallest absolute Gasteiger partial charge is 0.144 e. The van der Waals surface area contributed by atoms with Crippen molar-refractivity contribution in [3.63, 3.8) is 0 Å². The molecule has 0 spiro atoms. The molecule has 0 fully saturated rings. The summed E-state index contributed by atoms with van der Waals surface area (Å²) in [5.74, 6) is 0. The van der Waals surface area contributed by atoms with Gasteiger partial charge in [-0.15, -0.1) is 0 Å². The number of benzene rings is 12. The Morgan fingerprint density at radius 3 is 1.09 bits per heavy atom. The van der Waals surface area contributed by atoms with Crippen LogP contribution < -0.4 is 0 Å². The minimum Gasteiger partial charge on any atom is -0.455 e. The van der Waals surface area contributed by atoms with Gasteiger partial charge in [0.1, 0.15) is 22.3 Å². The molecule has 0 radical (unpaired) electrons. The third-order valence-corrected chi connectivity index (χ3v) is 18.0. The van der Waals surface area contributed by atoms with Crippen LogP contribution in [-0.2, 0) is 10.8 Å². The lowest BCUT2D eigenvalue weighted by molar-refractivity contribution is 0.668. The second kappa shape index (κ2) is 17.1. The Hall–Kier alpha value is -7.80. The van der Waals surface area contributed by atoms with E-state index in [1.807, 2.05) is 12.1 Å². The number of halogens is 3. The van der Waals surface area contributed by atoms with E-state index in [-0.39, 0.29) is 0 Å². The number of fused-ring (bicyclic) bond motifs is 18. The first kappa shape index (κ1) is 44.7. The topological polar surface area (TPSA) is 26.3 Å². The maximum absolute atomic E-state index is 6.74. The van der Waals surface area contributed by atoms with Crippen molar-refractivity contribution in [1.82, 2.24) is 0 Å². The fourth-order valence-corrected chi connectivity index (χ4v) is 14.9. The predicted octanol–water partition coefficient (Wildman–Crippen LogP) is 20.5. The molecular formula is C70H41Br3O2. The van der Waals surface area contributed by atoms with Crippen LogP contribution in [0.3, 0.4) is 0 Å². The zero-order valence-corrected chi connectivity index (χ0v) is 44.9. The number of hydrogen-bond donors (Lipinski definition) is 0. The third-order valence-electron chi connectivity index (χ3n) is 16.1. The summed E-state index contributed by atoms with van der Waals surface area (Å²) in [6.07, 6.45) is 0. The molecule has 0 aliphatic heterocycles. The third kappa shape index (κ3) is 6.23. The minimum absolute atomic E-state index is 0.479. The summed E-state index contributed by atoms with van der Waals surface area (Å²) in [5, 5.41) is 9.40. The van der Waals surface area contributed by atoms with Gasteiger partial charge in [-0.1, -0.05) is 266 Å². The summed E-state index contributed by atoms with van der Waals surface area (Å²) >= 11 is 11.9. The molecule has 0 saturated heterocycles. The number of hydrogen-bond acceptors (Lipinski definition) is 2. The van der Waals surface area contributed by atoms with E-state index in [4.69, 9.17) is 8.83 Å². The monoisotopic (exact) mass is 1150 g/mol. The van der Waals surface area contributed by atoms with Crippen molar-refractivity contribution in [3.05, 3.63) is 307 Å². The Labute approximate surface area is 458 Å². The van der Waals surface area contributed by atoms with Gasteiger partial charge in [0.05, 0.1) is 10.8 Å². The van der Waals surface area contributed by atoms with Crippen molar-refractivity contribution in [2.75, 3.05) is 0 Å². The van der Waals surface area contributed by atoms with Gasteiger partial charge in [0.15, 0.2) is 0 Å². The molecule has 2 aliphatic rings. The maximum atomic E-state index is 6.74. The summed E-state index contributed by atoms with van der Waals surface area (Å²) in [4.78, 5) is 0. The first-order valence-corrected chi connectivity index (χ1v) is 27.6. The largest absolute Gasteiger partial charge is 0.455 e. The van der Waals surface area contributed by atoms with E-state index in [0.717, 1.165) is 57.3 Å². The molecule has 0 atom stereocenters. The lowest BCUT2D eigenvalue weighted by atomic mass is 9.67. The van der Waals surface area contributed by atoms with Gasteiger partial charge in [-0.3, -0.25) is 0 Å². The van der Waals surface area contributed by atoms with Gasteiger partial charge in [0, 0.05) is 46.1 Å².